The van der Waals surface area contributed by atoms with E-state index in [2.05, 4.69) is 13.8 Å². The van der Waals surface area contributed by atoms with E-state index in [1.165, 1.54) is 38.5 Å². The van der Waals surface area contributed by atoms with E-state index in [-0.39, 0.29) is 19.3 Å². The summed E-state index contributed by atoms with van der Waals surface area (Å²) in [6.07, 6.45) is 9.84. The Morgan fingerprint density at radius 3 is 1.88 bits per heavy atom. The molecule has 0 aromatic carbocycles. The van der Waals surface area contributed by atoms with Crippen LogP contribution in [0.5, 0.6) is 0 Å². The summed E-state index contributed by atoms with van der Waals surface area (Å²) in [4.78, 5) is 0. The number of hydrogen-bond donors (Lipinski definition) is 2. The zero-order valence-electron chi connectivity index (χ0n) is 16.6. The zero-order valence-corrected chi connectivity index (χ0v) is 16.6. The fourth-order valence-corrected chi connectivity index (χ4v) is 4.99. The van der Waals surface area contributed by atoms with E-state index in [4.69, 9.17) is 19.3 Å². The minimum absolute atomic E-state index is 0.220. The standard InChI is InChI=1S/C21H38O5/c1-21(2,15-3-7-18(8-4-15)24-12-17(23)11-22)16-5-9-19(10-6-16)25-13-20-14-26-20/h15-20,22-23H,3-14H2,1-2H3. The van der Waals surface area contributed by atoms with Gasteiger partial charge in [0, 0.05) is 0 Å². The topological polar surface area (TPSA) is 71.5 Å². The average molecular weight is 371 g/mol. The lowest BCUT2D eigenvalue weighted by Gasteiger charge is -2.46. The fourth-order valence-electron chi connectivity index (χ4n) is 4.99. The zero-order chi connectivity index (χ0) is 18.6. The van der Waals surface area contributed by atoms with Crippen LogP contribution in [0.25, 0.3) is 0 Å². The van der Waals surface area contributed by atoms with Gasteiger partial charge in [-0.3, -0.25) is 0 Å². The molecule has 2 unspecified atom stereocenters. The highest BCUT2D eigenvalue weighted by Crippen LogP contribution is 2.48. The largest absolute Gasteiger partial charge is 0.394 e. The molecule has 2 N–H and O–H groups in total. The Labute approximate surface area is 158 Å². The number of epoxide rings is 1. The van der Waals surface area contributed by atoms with E-state index in [0.29, 0.717) is 17.6 Å². The molecule has 2 aliphatic carbocycles. The smallest absolute Gasteiger partial charge is 0.104 e. The molecule has 0 spiro atoms. The summed E-state index contributed by atoms with van der Waals surface area (Å²) in [6.45, 7) is 6.64. The molecule has 0 amide bonds. The summed E-state index contributed by atoms with van der Waals surface area (Å²) in [7, 11) is 0. The van der Waals surface area contributed by atoms with Gasteiger partial charge in [-0.05, 0) is 68.6 Å². The number of aliphatic hydroxyl groups is 2. The van der Waals surface area contributed by atoms with Crippen LogP contribution in [0.15, 0.2) is 0 Å². The lowest BCUT2D eigenvalue weighted by molar-refractivity contribution is -0.0608. The van der Waals surface area contributed by atoms with E-state index >= 15 is 0 Å². The fraction of sp³-hybridized carbons (Fsp3) is 1.00. The molecule has 2 saturated carbocycles. The molecular formula is C21H38O5. The van der Waals surface area contributed by atoms with E-state index in [0.717, 1.165) is 37.9 Å². The second kappa shape index (κ2) is 9.33. The predicted octanol–water partition coefficient (Wildman–Crippen LogP) is 2.92. The summed E-state index contributed by atoms with van der Waals surface area (Å²) in [5.74, 6) is 1.55. The summed E-state index contributed by atoms with van der Waals surface area (Å²) < 4.78 is 17.0. The second-order valence-corrected chi connectivity index (χ2v) is 9.23. The van der Waals surface area contributed by atoms with Gasteiger partial charge in [0.05, 0.1) is 38.6 Å². The maximum Gasteiger partial charge on any atom is 0.104 e. The summed E-state index contributed by atoms with van der Waals surface area (Å²) in [5, 5.41) is 18.3. The quantitative estimate of drug-likeness (QED) is 0.611. The first-order valence-electron chi connectivity index (χ1n) is 10.6. The van der Waals surface area contributed by atoms with Gasteiger partial charge in [0.25, 0.3) is 0 Å². The molecule has 3 fully saturated rings. The van der Waals surface area contributed by atoms with Crippen LogP contribution < -0.4 is 0 Å². The van der Waals surface area contributed by atoms with Gasteiger partial charge in [0.15, 0.2) is 0 Å². The molecule has 26 heavy (non-hydrogen) atoms. The Hall–Kier alpha value is -0.200. The Morgan fingerprint density at radius 2 is 1.42 bits per heavy atom. The molecule has 5 nitrogen and oxygen atoms in total. The first-order chi connectivity index (χ1) is 12.5. The van der Waals surface area contributed by atoms with E-state index < -0.39 is 6.10 Å². The Bertz CT molecular complexity index is 407. The van der Waals surface area contributed by atoms with Crippen molar-refractivity contribution in [3.63, 3.8) is 0 Å². The van der Waals surface area contributed by atoms with Crippen molar-refractivity contribution < 1.29 is 24.4 Å². The SMILES string of the molecule is CC(C)(C1CCC(OCC(O)CO)CC1)C1CCC(OCC2CO2)CC1. The lowest BCUT2D eigenvalue weighted by atomic mass is 9.60. The first kappa shape index (κ1) is 20.5. The van der Waals surface area contributed by atoms with Gasteiger partial charge < -0.3 is 24.4 Å². The van der Waals surface area contributed by atoms with Gasteiger partial charge >= 0.3 is 0 Å². The third kappa shape index (κ3) is 5.65. The number of aliphatic hydroxyl groups excluding tert-OH is 2. The number of hydrogen-bond acceptors (Lipinski definition) is 5. The van der Waals surface area contributed by atoms with Crippen molar-refractivity contribution in [2.45, 2.75) is 89.6 Å². The van der Waals surface area contributed by atoms with E-state index in [1.807, 2.05) is 0 Å². The Morgan fingerprint density at radius 1 is 0.923 bits per heavy atom. The van der Waals surface area contributed by atoms with Crippen LogP contribution in [0, 0.1) is 17.3 Å². The van der Waals surface area contributed by atoms with Crippen LogP contribution in [-0.2, 0) is 14.2 Å². The third-order valence-electron chi connectivity index (χ3n) is 7.11. The first-order valence-corrected chi connectivity index (χ1v) is 10.6. The van der Waals surface area contributed by atoms with Crippen LogP contribution in [0.1, 0.15) is 65.2 Å². The molecule has 1 aliphatic heterocycles. The van der Waals surface area contributed by atoms with Crippen molar-refractivity contribution in [1.82, 2.24) is 0 Å². The molecule has 0 bridgehead atoms. The van der Waals surface area contributed by atoms with Gasteiger partial charge in [-0.15, -0.1) is 0 Å². The molecule has 5 heteroatoms. The number of ether oxygens (including phenoxy) is 3. The van der Waals surface area contributed by atoms with Gasteiger partial charge in [0.1, 0.15) is 12.2 Å². The molecular weight excluding hydrogens is 332 g/mol. The summed E-state index contributed by atoms with van der Waals surface area (Å²) >= 11 is 0. The van der Waals surface area contributed by atoms with Crippen LogP contribution >= 0.6 is 0 Å². The third-order valence-corrected chi connectivity index (χ3v) is 7.11. The number of rotatable bonds is 9. The van der Waals surface area contributed by atoms with Crippen molar-refractivity contribution in [2.24, 2.45) is 17.3 Å². The van der Waals surface area contributed by atoms with Gasteiger partial charge in [-0.2, -0.15) is 0 Å². The van der Waals surface area contributed by atoms with Crippen molar-refractivity contribution in [3.05, 3.63) is 0 Å². The monoisotopic (exact) mass is 370 g/mol. The maximum atomic E-state index is 9.44. The lowest BCUT2D eigenvalue weighted by Crippen LogP contribution is -2.39. The molecule has 0 radical (unpaired) electrons. The second-order valence-electron chi connectivity index (χ2n) is 9.23. The van der Waals surface area contributed by atoms with Crippen LogP contribution in [0.2, 0.25) is 0 Å². The minimum atomic E-state index is -0.743. The van der Waals surface area contributed by atoms with Gasteiger partial charge in [-0.25, -0.2) is 0 Å². The predicted molar refractivity (Wildman–Crippen MR) is 100 cm³/mol. The van der Waals surface area contributed by atoms with Crippen LogP contribution in [-0.4, -0.2) is 61.1 Å². The average Bonchev–Trinajstić information content (AvgIpc) is 3.49. The van der Waals surface area contributed by atoms with Crippen LogP contribution in [0.3, 0.4) is 0 Å². The van der Waals surface area contributed by atoms with E-state index in [1.54, 1.807) is 0 Å². The highest BCUT2D eigenvalue weighted by Gasteiger charge is 2.41. The maximum absolute atomic E-state index is 9.44. The molecule has 3 aliphatic rings. The highest BCUT2D eigenvalue weighted by atomic mass is 16.6. The van der Waals surface area contributed by atoms with Gasteiger partial charge in [-0.1, -0.05) is 13.8 Å². The van der Waals surface area contributed by atoms with Crippen molar-refractivity contribution in [1.29, 1.82) is 0 Å². The molecule has 0 aromatic rings. The molecule has 152 valence electrons. The van der Waals surface area contributed by atoms with Crippen LogP contribution in [0.4, 0.5) is 0 Å². The molecule has 1 saturated heterocycles. The molecule has 1 heterocycles. The van der Waals surface area contributed by atoms with Crippen molar-refractivity contribution in [3.8, 4) is 0 Å². The minimum Gasteiger partial charge on any atom is -0.394 e. The molecule has 2 atom stereocenters. The van der Waals surface area contributed by atoms with Crippen molar-refractivity contribution in [2.75, 3.05) is 26.4 Å². The van der Waals surface area contributed by atoms with Crippen molar-refractivity contribution >= 4 is 0 Å². The highest BCUT2D eigenvalue weighted by molar-refractivity contribution is 4.91. The molecule has 3 rings (SSSR count). The Kier molecular flexibility index (Phi) is 7.37. The molecule has 0 aromatic heterocycles. The van der Waals surface area contributed by atoms with Gasteiger partial charge in [0.2, 0.25) is 0 Å². The van der Waals surface area contributed by atoms with E-state index in [9.17, 15) is 5.11 Å². The summed E-state index contributed by atoms with van der Waals surface area (Å²) in [6, 6.07) is 0. The normalized spacial score (nSPS) is 36.7. The Balaban J connectivity index is 1.38. The summed E-state index contributed by atoms with van der Waals surface area (Å²) in [5.41, 5.74) is 0.375.